The van der Waals surface area contributed by atoms with E-state index >= 15 is 0 Å². The fourth-order valence-corrected chi connectivity index (χ4v) is 4.77. The van der Waals surface area contributed by atoms with Crippen LogP contribution in [0.25, 0.3) is 11.0 Å². The number of halogens is 2. The zero-order chi connectivity index (χ0) is 23.8. The molecule has 1 aliphatic rings. The zero-order valence-electron chi connectivity index (χ0n) is 19.5. The number of carbonyl (C=O) groups is 1. The highest BCUT2D eigenvalue weighted by Gasteiger charge is 2.30. The smallest absolute Gasteiger partial charge is 0.410 e. The number of hydrogen-bond donors (Lipinski definition) is 0. The highest BCUT2D eigenvalue weighted by molar-refractivity contribution is 6.36. The van der Waals surface area contributed by atoms with Crippen molar-refractivity contribution >= 4 is 46.3 Å². The van der Waals surface area contributed by atoms with Crippen molar-refractivity contribution < 1.29 is 9.53 Å². The Hall–Kier alpha value is -2.44. The average Bonchev–Trinajstić information content (AvgIpc) is 3.13. The molecule has 4 rings (SSSR count). The molecule has 0 radical (unpaired) electrons. The van der Waals surface area contributed by atoms with Crippen LogP contribution in [0.5, 0.6) is 0 Å². The van der Waals surface area contributed by atoms with Crippen LogP contribution in [0.4, 0.5) is 10.7 Å². The van der Waals surface area contributed by atoms with Crippen molar-refractivity contribution in [1.82, 2.24) is 14.5 Å². The third-order valence-electron chi connectivity index (χ3n) is 5.99. The average molecular weight is 489 g/mol. The van der Waals surface area contributed by atoms with Crippen LogP contribution >= 0.6 is 23.2 Å². The molecule has 1 aliphatic heterocycles. The topological polar surface area (TPSA) is 50.6 Å². The quantitative estimate of drug-likeness (QED) is 0.436. The second-order valence-electron chi connectivity index (χ2n) is 9.50. The first-order valence-corrected chi connectivity index (χ1v) is 12.0. The van der Waals surface area contributed by atoms with Gasteiger partial charge in [-0.15, -0.1) is 0 Å². The lowest BCUT2D eigenvalue weighted by Gasteiger charge is -2.37. The van der Waals surface area contributed by atoms with E-state index in [-0.39, 0.29) is 12.1 Å². The van der Waals surface area contributed by atoms with Crippen molar-refractivity contribution in [3.8, 4) is 0 Å². The highest BCUT2D eigenvalue weighted by Crippen LogP contribution is 2.31. The summed E-state index contributed by atoms with van der Waals surface area (Å²) in [5.74, 6) is 0.864. The number of fused-ring (bicyclic) bond motifs is 1. The van der Waals surface area contributed by atoms with Crippen molar-refractivity contribution in [3.05, 3.63) is 58.1 Å². The number of para-hydroxylation sites is 2. The van der Waals surface area contributed by atoms with Gasteiger partial charge < -0.3 is 19.1 Å². The van der Waals surface area contributed by atoms with Crippen LogP contribution < -0.4 is 4.90 Å². The molecule has 3 aromatic rings. The van der Waals surface area contributed by atoms with E-state index in [1.54, 1.807) is 4.90 Å². The van der Waals surface area contributed by atoms with Crippen LogP contribution in [-0.2, 0) is 11.3 Å². The first-order chi connectivity index (χ1) is 15.6. The summed E-state index contributed by atoms with van der Waals surface area (Å²) in [7, 11) is 2.07. The lowest BCUT2D eigenvalue weighted by atomic mass is 10.0. The van der Waals surface area contributed by atoms with Gasteiger partial charge in [0, 0.05) is 41.8 Å². The zero-order valence-corrected chi connectivity index (χ0v) is 21.0. The Morgan fingerprint density at radius 3 is 2.36 bits per heavy atom. The minimum absolute atomic E-state index is 0.246. The van der Waals surface area contributed by atoms with Gasteiger partial charge in [-0.05, 0) is 57.9 Å². The molecule has 2 heterocycles. The predicted octanol–water partition coefficient (Wildman–Crippen LogP) is 6.23. The summed E-state index contributed by atoms with van der Waals surface area (Å²) in [5, 5.41) is 1.28. The third kappa shape index (κ3) is 5.22. The van der Waals surface area contributed by atoms with Gasteiger partial charge in [-0.2, -0.15) is 0 Å². The fourth-order valence-electron chi connectivity index (χ4n) is 4.25. The number of likely N-dealkylation sites (tertiary alicyclic amines) is 1. The van der Waals surface area contributed by atoms with E-state index < -0.39 is 5.60 Å². The number of benzene rings is 2. The number of imidazole rings is 1. The molecule has 0 unspecified atom stereocenters. The molecule has 1 fully saturated rings. The Balaban J connectivity index is 1.57. The SMILES string of the molecule is CN(c1nc2ccccc2n1Cc1c(Cl)cccc1Cl)C1CCN(C(=O)OC(C)(C)C)CC1. The maximum atomic E-state index is 12.4. The van der Waals surface area contributed by atoms with E-state index in [9.17, 15) is 4.79 Å². The maximum Gasteiger partial charge on any atom is 0.410 e. The summed E-state index contributed by atoms with van der Waals surface area (Å²) in [6.45, 7) is 7.50. The van der Waals surface area contributed by atoms with Crippen LogP contribution in [0.2, 0.25) is 10.0 Å². The second-order valence-corrected chi connectivity index (χ2v) is 10.3. The van der Waals surface area contributed by atoms with Crippen molar-refractivity contribution in [1.29, 1.82) is 0 Å². The van der Waals surface area contributed by atoms with Gasteiger partial charge in [0.15, 0.2) is 0 Å². The van der Waals surface area contributed by atoms with Crippen LogP contribution in [-0.4, -0.2) is 52.3 Å². The lowest BCUT2D eigenvalue weighted by Crippen LogP contribution is -2.47. The monoisotopic (exact) mass is 488 g/mol. The third-order valence-corrected chi connectivity index (χ3v) is 6.70. The second kappa shape index (κ2) is 9.43. The standard InChI is InChI=1S/C25H30Cl2N4O2/c1-25(2,3)33-24(32)30-14-12-17(13-15-30)29(4)23-28-21-10-5-6-11-22(21)31(23)16-18-19(26)8-7-9-20(18)27/h5-11,17H,12-16H2,1-4H3. The molecule has 0 spiro atoms. The summed E-state index contributed by atoms with van der Waals surface area (Å²) in [6, 6.07) is 13.9. The van der Waals surface area contributed by atoms with Crippen LogP contribution in [0.15, 0.2) is 42.5 Å². The number of piperidine rings is 1. The molecule has 33 heavy (non-hydrogen) atoms. The molecule has 8 heteroatoms. The Morgan fingerprint density at radius 1 is 1.09 bits per heavy atom. The predicted molar refractivity (Wildman–Crippen MR) is 135 cm³/mol. The molecule has 0 saturated carbocycles. The van der Waals surface area contributed by atoms with Gasteiger partial charge in [0.2, 0.25) is 5.95 Å². The van der Waals surface area contributed by atoms with Gasteiger partial charge >= 0.3 is 6.09 Å². The van der Waals surface area contributed by atoms with Crippen molar-refractivity contribution in [2.24, 2.45) is 0 Å². The fraction of sp³-hybridized carbons (Fsp3) is 0.440. The summed E-state index contributed by atoms with van der Waals surface area (Å²) in [6.07, 6.45) is 1.43. The molecule has 1 amide bonds. The molecular weight excluding hydrogens is 459 g/mol. The van der Waals surface area contributed by atoms with Gasteiger partial charge in [-0.25, -0.2) is 9.78 Å². The number of amides is 1. The van der Waals surface area contributed by atoms with Crippen molar-refractivity contribution in [2.75, 3.05) is 25.0 Å². The van der Waals surface area contributed by atoms with Crippen LogP contribution in [0, 0.1) is 0 Å². The van der Waals surface area contributed by atoms with Crippen LogP contribution in [0.3, 0.4) is 0 Å². The Kier molecular flexibility index (Phi) is 6.78. The summed E-state index contributed by atoms with van der Waals surface area (Å²) in [4.78, 5) is 21.4. The number of aromatic nitrogens is 2. The van der Waals surface area contributed by atoms with E-state index in [1.165, 1.54) is 0 Å². The van der Waals surface area contributed by atoms with Gasteiger partial charge in [0.25, 0.3) is 0 Å². The molecule has 1 aromatic heterocycles. The molecule has 2 aromatic carbocycles. The number of rotatable bonds is 4. The van der Waals surface area contributed by atoms with E-state index in [0.717, 1.165) is 35.4 Å². The molecule has 0 aliphatic carbocycles. The maximum absolute atomic E-state index is 12.4. The summed E-state index contributed by atoms with van der Waals surface area (Å²) < 4.78 is 7.71. The van der Waals surface area contributed by atoms with Gasteiger partial charge in [-0.1, -0.05) is 41.4 Å². The Bertz CT molecular complexity index is 1130. The lowest BCUT2D eigenvalue weighted by molar-refractivity contribution is 0.0205. The van der Waals surface area contributed by atoms with E-state index in [4.69, 9.17) is 32.9 Å². The highest BCUT2D eigenvalue weighted by atomic mass is 35.5. The Labute approximate surface area is 205 Å². The van der Waals surface area contributed by atoms with Gasteiger partial charge in [0.1, 0.15) is 5.60 Å². The number of ether oxygens (including phenoxy) is 1. The largest absolute Gasteiger partial charge is 0.444 e. The molecule has 176 valence electrons. The number of hydrogen-bond acceptors (Lipinski definition) is 4. The minimum atomic E-state index is -0.491. The van der Waals surface area contributed by atoms with Gasteiger partial charge in [-0.3, -0.25) is 0 Å². The Morgan fingerprint density at radius 2 is 1.73 bits per heavy atom. The molecule has 0 N–H and O–H groups in total. The number of nitrogens with zero attached hydrogens (tertiary/aromatic N) is 4. The normalized spacial score (nSPS) is 15.2. The summed E-state index contributed by atoms with van der Waals surface area (Å²) in [5.41, 5.74) is 2.34. The number of carbonyl (C=O) groups excluding carboxylic acids is 1. The molecule has 0 atom stereocenters. The van der Waals surface area contributed by atoms with Crippen molar-refractivity contribution in [2.45, 2.75) is 51.8 Å². The van der Waals surface area contributed by atoms with E-state index in [2.05, 4.69) is 22.6 Å². The first-order valence-electron chi connectivity index (χ1n) is 11.2. The number of anilines is 1. The summed E-state index contributed by atoms with van der Waals surface area (Å²) >= 11 is 13.0. The molecule has 6 nitrogen and oxygen atoms in total. The van der Waals surface area contributed by atoms with Crippen LogP contribution in [0.1, 0.15) is 39.2 Å². The molecular formula is C25H30Cl2N4O2. The van der Waals surface area contributed by atoms with E-state index in [0.29, 0.717) is 29.7 Å². The van der Waals surface area contributed by atoms with E-state index in [1.807, 2.05) is 57.2 Å². The molecule has 1 saturated heterocycles. The first kappa shape index (κ1) is 23.7. The van der Waals surface area contributed by atoms with Gasteiger partial charge in [0.05, 0.1) is 17.6 Å². The molecule has 0 bridgehead atoms. The minimum Gasteiger partial charge on any atom is -0.444 e. The van der Waals surface area contributed by atoms with Crippen molar-refractivity contribution in [3.63, 3.8) is 0 Å².